The van der Waals surface area contributed by atoms with Gasteiger partial charge in [-0.2, -0.15) is 0 Å². The van der Waals surface area contributed by atoms with E-state index in [1.807, 2.05) is 34.9 Å². The Morgan fingerprint density at radius 2 is 1.81 bits per heavy atom. The molecule has 0 spiro atoms. The number of carbonyl (C=O) groups excluding carboxylic acids is 1. The minimum atomic E-state index is -0.473. The van der Waals surface area contributed by atoms with Gasteiger partial charge < -0.3 is 21.1 Å². The number of hydrogen-bond donors (Lipinski definition) is 3. The molecule has 2 atom stereocenters. The van der Waals surface area contributed by atoms with Crippen LogP contribution in [0.5, 0.6) is 0 Å². The molecule has 156 valence electrons. The third kappa shape index (κ3) is 11.4. The highest BCUT2D eigenvalue weighted by atomic mass is 19.1. The number of methoxy groups -OCH3 is 1. The molecule has 5 nitrogen and oxygen atoms in total. The molecule has 0 heterocycles. The van der Waals surface area contributed by atoms with Crippen molar-refractivity contribution in [3.05, 3.63) is 47.2 Å². The van der Waals surface area contributed by atoms with Crippen LogP contribution in [0.2, 0.25) is 0 Å². The number of nitrogens with two attached hydrogens (primary N) is 1. The molecule has 0 aliphatic rings. The molecule has 0 radical (unpaired) electrons. The van der Waals surface area contributed by atoms with Crippen LogP contribution in [-0.2, 0) is 4.74 Å². The SMILES string of the molecule is C/C=C(/CCNC)NC.CC.CO[C@H](c1ccc(C(N)=O)cc1)[C@H](C)CF. The Morgan fingerprint density at radius 3 is 2.15 bits per heavy atom. The Balaban J connectivity index is 0. The summed E-state index contributed by atoms with van der Waals surface area (Å²) in [4.78, 5) is 10.9. The molecule has 1 rings (SSSR count). The van der Waals surface area contributed by atoms with Crippen LogP contribution < -0.4 is 16.4 Å². The van der Waals surface area contributed by atoms with Crippen LogP contribution in [0.3, 0.4) is 0 Å². The summed E-state index contributed by atoms with van der Waals surface area (Å²) in [7, 11) is 5.45. The van der Waals surface area contributed by atoms with Gasteiger partial charge in [-0.05, 0) is 38.1 Å². The summed E-state index contributed by atoms with van der Waals surface area (Å²) < 4.78 is 17.8. The molecule has 1 aromatic carbocycles. The number of allylic oxidation sites excluding steroid dienone is 1. The Morgan fingerprint density at radius 1 is 1.26 bits per heavy atom. The molecule has 0 bridgehead atoms. The molecule has 1 aromatic rings. The van der Waals surface area contributed by atoms with E-state index in [9.17, 15) is 9.18 Å². The zero-order valence-electron chi connectivity index (χ0n) is 17.9. The van der Waals surface area contributed by atoms with Crippen molar-refractivity contribution in [2.45, 2.75) is 40.2 Å². The normalized spacial score (nSPS) is 12.7. The number of carbonyl (C=O) groups is 1. The molecule has 0 aliphatic heterocycles. The zero-order valence-corrected chi connectivity index (χ0v) is 17.9. The maximum atomic E-state index is 12.6. The molecule has 0 saturated heterocycles. The standard InChI is InChI=1S/C12H16FNO2.C7H16N2.C2H6/c1-8(7-13)11(16-2)9-3-5-10(6-4-9)12(14)15;1-4-7(9-3)5-6-8-2;1-2/h3-6,8,11H,7H2,1-2H3,(H2,14,15);4,8-9H,5-6H2,1-3H3;1-2H3/b;7-4-;/t8-,11+;;/m1../s1. The van der Waals surface area contributed by atoms with Crippen molar-refractivity contribution in [1.82, 2.24) is 10.6 Å². The summed E-state index contributed by atoms with van der Waals surface area (Å²) in [6.45, 7) is 8.41. The third-order valence-corrected chi connectivity index (χ3v) is 3.85. The average Bonchev–Trinajstić information content (AvgIpc) is 2.71. The molecule has 0 unspecified atom stereocenters. The monoisotopic (exact) mass is 383 g/mol. The van der Waals surface area contributed by atoms with Crippen LogP contribution in [-0.4, -0.2) is 40.3 Å². The lowest BCUT2D eigenvalue weighted by molar-refractivity contribution is 0.0479. The first kappa shape index (κ1) is 27.3. The van der Waals surface area contributed by atoms with Crippen molar-refractivity contribution >= 4 is 5.91 Å². The van der Waals surface area contributed by atoms with Crippen molar-refractivity contribution in [3.8, 4) is 0 Å². The van der Waals surface area contributed by atoms with Crippen molar-refractivity contribution < 1.29 is 13.9 Å². The summed E-state index contributed by atoms with van der Waals surface area (Å²) in [5.41, 5.74) is 7.71. The Hall–Kier alpha value is -1.92. The van der Waals surface area contributed by atoms with E-state index in [0.717, 1.165) is 18.5 Å². The third-order valence-electron chi connectivity index (χ3n) is 3.85. The minimum absolute atomic E-state index is 0.218. The van der Waals surface area contributed by atoms with E-state index >= 15 is 0 Å². The Labute approximate surface area is 164 Å². The van der Waals surface area contributed by atoms with E-state index < -0.39 is 12.6 Å². The molecular weight excluding hydrogens is 345 g/mol. The second-order valence-electron chi connectivity index (χ2n) is 5.69. The lowest BCUT2D eigenvalue weighted by Gasteiger charge is -2.20. The van der Waals surface area contributed by atoms with Gasteiger partial charge in [-0.3, -0.25) is 9.18 Å². The second-order valence-corrected chi connectivity index (χ2v) is 5.69. The number of ether oxygens (including phenoxy) is 1. The summed E-state index contributed by atoms with van der Waals surface area (Å²) in [6.07, 6.45) is 2.88. The van der Waals surface area contributed by atoms with Crippen LogP contribution in [0, 0.1) is 5.92 Å². The molecule has 0 saturated carbocycles. The summed E-state index contributed by atoms with van der Waals surface area (Å²) >= 11 is 0. The van der Waals surface area contributed by atoms with E-state index in [0.29, 0.717) is 5.56 Å². The molecule has 0 aliphatic carbocycles. The van der Waals surface area contributed by atoms with Crippen molar-refractivity contribution in [1.29, 1.82) is 0 Å². The predicted molar refractivity (Wildman–Crippen MR) is 113 cm³/mol. The van der Waals surface area contributed by atoms with Gasteiger partial charge in [0.15, 0.2) is 0 Å². The van der Waals surface area contributed by atoms with Crippen LogP contribution in [0.4, 0.5) is 4.39 Å². The second kappa shape index (κ2) is 17.5. The highest BCUT2D eigenvalue weighted by molar-refractivity contribution is 5.92. The molecule has 1 amide bonds. The number of alkyl halides is 1. The number of halogens is 1. The van der Waals surface area contributed by atoms with Crippen molar-refractivity contribution in [3.63, 3.8) is 0 Å². The highest BCUT2D eigenvalue weighted by Crippen LogP contribution is 2.25. The van der Waals surface area contributed by atoms with Crippen LogP contribution in [0.15, 0.2) is 36.0 Å². The van der Waals surface area contributed by atoms with Crippen molar-refractivity contribution in [2.24, 2.45) is 11.7 Å². The van der Waals surface area contributed by atoms with Crippen molar-refractivity contribution in [2.75, 3.05) is 34.4 Å². The van der Waals surface area contributed by atoms with Crippen LogP contribution in [0.1, 0.15) is 56.1 Å². The number of primary amides is 1. The smallest absolute Gasteiger partial charge is 0.248 e. The van der Waals surface area contributed by atoms with Gasteiger partial charge in [0.25, 0.3) is 0 Å². The largest absolute Gasteiger partial charge is 0.392 e. The van der Waals surface area contributed by atoms with Gasteiger partial charge in [0.1, 0.15) is 0 Å². The Bertz CT molecular complexity index is 519. The van der Waals surface area contributed by atoms with E-state index in [1.54, 1.807) is 38.3 Å². The van der Waals surface area contributed by atoms with Gasteiger partial charge in [-0.15, -0.1) is 0 Å². The molecule has 27 heavy (non-hydrogen) atoms. The molecule has 0 fully saturated rings. The first-order chi connectivity index (χ1) is 12.9. The van der Waals surface area contributed by atoms with Gasteiger partial charge >= 0.3 is 0 Å². The van der Waals surface area contributed by atoms with Crippen LogP contribution in [0.25, 0.3) is 0 Å². The minimum Gasteiger partial charge on any atom is -0.392 e. The number of hydrogen-bond acceptors (Lipinski definition) is 4. The summed E-state index contributed by atoms with van der Waals surface area (Å²) in [5, 5.41) is 6.19. The van der Waals surface area contributed by atoms with E-state index in [-0.39, 0.29) is 12.0 Å². The summed E-state index contributed by atoms with van der Waals surface area (Å²) in [5.74, 6) is -0.691. The molecule has 4 N–H and O–H groups in total. The topological polar surface area (TPSA) is 76.4 Å². The fraction of sp³-hybridized carbons (Fsp3) is 0.571. The fourth-order valence-electron chi connectivity index (χ4n) is 2.29. The predicted octanol–water partition coefficient (Wildman–Crippen LogP) is 3.82. The first-order valence-corrected chi connectivity index (χ1v) is 9.41. The number of rotatable bonds is 9. The molecule has 0 aromatic heterocycles. The van der Waals surface area contributed by atoms with Gasteiger partial charge in [0.2, 0.25) is 5.91 Å². The molecular formula is C21H38FN3O2. The number of amides is 1. The van der Waals surface area contributed by atoms with Gasteiger partial charge in [-0.1, -0.05) is 39.0 Å². The lowest BCUT2D eigenvalue weighted by Crippen LogP contribution is -2.15. The van der Waals surface area contributed by atoms with Gasteiger partial charge in [0.05, 0.1) is 12.8 Å². The fourth-order valence-corrected chi connectivity index (χ4v) is 2.29. The number of benzene rings is 1. The van der Waals surface area contributed by atoms with Crippen LogP contribution >= 0.6 is 0 Å². The van der Waals surface area contributed by atoms with Gasteiger partial charge in [0, 0.05) is 37.9 Å². The van der Waals surface area contributed by atoms with E-state index in [1.165, 1.54) is 5.70 Å². The van der Waals surface area contributed by atoms with E-state index in [4.69, 9.17) is 10.5 Å². The quantitative estimate of drug-likeness (QED) is 0.606. The van der Waals surface area contributed by atoms with Gasteiger partial charge in [-0.25, -0.2) is 0 Å². The number of nitrogens with one attached hydrogen (secondary N) is 2. The lowest BCUT2D eigenvalue weighted by atomic mass is 9.97. The maximum absolute atomic E-state index is 12.6. The Kier molecular flexibility index (Phi) is 17.7. The average molecular weight is 384 g/mol. The zero-order chi connectivity index (χ0) is 21.2. The first-order valence-electron chi connectivity index (χ1n) is 9.41. The van der Waals surface area contributed by atoms with E-state index in [2.05, 4.69) is 16.7 Å². The maximum Gasteiger partial charge on any atom is 0.248 e. The summed E-state index contributed by atoms with van der Waals surface area (Å²) in [6, 6.07) is 6.71. The highest BCUT2D eigenvalue weighted by Gasteiger charge is 2.18. The molecule has 6 heteroatoms.